The van der Waals surface area contributed by atoms with Gasteiger partial charge in [-0.15, -0.1) is 0 Å². The average molecular weight is 387 g/mol. The lowest BCUT2D eigenvalue weighted by Crippen LogP contribution is -2.35. The molecule has 1 aliphatic heterocycles. The van der Waals surface area contributed by atoms with E-state index in [4.69, 9.17) is 19.4 Å². The zero-order valence-corrected chi connectivity index (χ0v) is 17.1. The van der Waals surface area contributed by atoms with Gasteiger partial charge >= 0.3 is 0 Å². The van der Waals surface area contributed by atoms with Crippen LogP contribution in [0.3, 0.4) is 0 Å². The predicted molar refractivity (Wildman–Crippen MR) is 111 cm³/mol. The lowest BCUT2D eigenvalue weighted by molar-refractivity contribution is -0.109. The molecule has 1 saturated heterocycles. The van der Waals surface area contributed by atoms with Crippen molar-refractivity contribution in [2.45, 2.75) is 19.3 Å². The monoisotopic (exact) mass is 387 g/mol. The first-order chi connectivity index (χ1) is 13.6. The van der Waals surface area contributed by atoms with E-state index in [9.17, 15) is 4.79 Å². The molecule has 28 heavy (non-hydrogen) atoms. The molecule has 152 valence electrons. The summed E-state index contributed by atoms with van der Waals surface area (Å²) in [4.78, 5) is 24.2. The Morgan fingerprint density at radius 3 is 2.46 bits per heavy atom. The van der Waals surface area contributed by atoms with Crippen LogP contribution in [0.4, 0.5) is 11.8 Å². The van der Waals surface area contributed by atoms with Crippen molar-refractivity contribution in [1.82, 2.24) is 15.3 Å². The number of fused-ring (bicyclic) bond motifs is 1. The van der Waals surface area contributed by atoms with Gasteiger partial charge < -0.3 is 24.6 Å². The van der Waals surface area contributed by atoms with Gasteiger partial charge in [-0.05, 0) is 31.2 Å². The molecule has 1 fully saturated rings. The quantitative estimate of drug-likeness (QED) is 0.549. The minimum Gasteiger partial charge on any atom is -0.493 e. The van der Waals surface area contributed by atoms with Gasteiger partial charge in [0.1, 0.15) is 5.82 Å². The fraction of sp³-hybridized carbons (Fsp3) is 0.550. The third kappa shape index (κ3) is 4.21. The molecular weight excluding hydrogens is 358 g/mol. The number of piperidine rings is 1. The van der Waals surface area contributed by atoms with Crippen LogP contribution in [0.2, 0.25) is 0 Å². The number of carbonyl (C=O) groups is 1. The SMILES string of the molecule is COc1cc2nc(N(C)C)nc(N3CCC(CCNC=O)CC3)c2cc1OC. The summed E-state index contributed by atoms with van der Waals surface area (Å²) >= 11 is 0. The van der Waals surface area contributed by atoms with Crippen molar-refractivity contribution < 1.29 is 14.3 Å². The number of anilines is 2. The molecule has 1 aromatic carbocycles. The average Bonchev–Trinajstić information content (AvgIpc) is 2.72. The van der Waals surface area contributed by atoms with Gasteiger partial charge in [0.25, 0.3) is 0 Å². The number of benzene rings is 1. The standard InChI is InChI=1S/C20H29N5O3/c1-24(2)20-22-16-12-18(28-4)17(27-3)11-15(16)19(23-20)25-9-6-14(7-10-25)5-8-21-13-26/h11-14H,5-10H2,1-4H3,(H,21,26). The van der Waals surface area contributed by atoms with Crippen LogP contribution in [0.1, 0.15) is 19.3 Å². The molecule has 2 heterocycles. The molecule has 0 atom stereocenters. The van der Waals surface area contributed by atoms with Gasteiger partial charge in [0, 0.05) is 45.2 Å². The number of hydrogen-bond donors (Lipinski definition) is 1. The Labute approximate surface area is 165 Å². The Bertz CT molecular complexity index is 819. The van der Waals surface area contributed by atoms with E-state index >= 15 is 0 Å². The molecule has 0 bridgehead atoms. The van der Waals surface area contributed by atoms with Crippen molar-refractivity contribution in [1.29, 1.82) is 0 Å². The molecule has 3 rings (SSSR count). The first-order valence-electron chi connectivity index (χ1n) is 9.60. The molecule has 8 nitrogen and oxygen atoms in total. The van der Waals surface area contributed by atoms with Crippen LogP contribution in [-0.2, 0) is 4.79 Å². The molecule has 1 aromatic heterocycles. The number of carbonyl (C=O) groups excluding carboxylic acids is 1. The van der Waals surface area contributed by atoms with Gasteiger partial charge in [0.15, 0.2) is 11.5 Å². The number of rotatable bonds is 8. The fourth-order valence-electron chi connectivity index (χ4n) is 3.65. The number of nitrogens with zero attached hydrogens (tertiary/aromatic N) is 4. The van der Waals surface area contributed by atoms with E-state index in [1.807, 2.05) is 31.1 Å². The zero-order valence-electron chi connectivity index (χ0n) is 17.1. The molecule has 0 spiro atoms. The Hall–Kier alpha value is -2.77. The smallest absolute Gasteiger partial charge is 0.227 e. The van der Waals surface area contributed by atoms with Gasteiger partial charge in [0.2, 0.25) is 12.4 Å². The van der Waals surface area contributed by atoms with Crippen LogP contribution in [0.5, 0.6) is 11.5 Å². The van der Waals surface area contributed by atoms with Crippen LogP contribution < -0.4 is 24.6 Å². The number of amides is 1. The Kier molecular flexibility index (Phi) is 6.38. The number of nitrogens with one attached hydrogen (secondary N) is 1. The van der Waals surface area contributed by atoms with Crippen LogP contribution in [0, 0.1) is 5.92 Å². The van der Waals surface area contributed by atoms with Gasteiger partial charge in [0.05, 0.1) is 19.7 Å². The molecule has 0 radical (unpaired) electrons. The van der Waals surface area contributed by atoms with E-state index in [-0.39, 0.29) is 0 Å². The van der Waals surface area contributed by atoms with Crippen molar-refractivity contribution in [2.75, 3.05) is 57.7 Å². The second-order valence-electron chi connectivity index (χ2n) is 7.26. The van der Waals surface area contributed by atoms with E-state index in [1.165, 1.54) is 0 Å². The van der Waals surface area contributed by atoms with Crippen LogP contribution in [0.25, 0.3) is 10.9 Å². The van der Waals surface area contributed by atoms with Crippen molar-refractivity contribution in [2.24, 2.45) is 5.92 Å². The van der Waals surface area contributed by atoms with Crippen molar-refractivity contribution in [3.05, 3.63) is 12.1 Å². The van der Waals surface area contributed by atoms with Crippen molar-refractivity contribution in [3.63, 3.8) is 0 Å². The molecule has 0 aliphatic carbocycles. The summed E-state index contributed by atoms with van der Waals surface area (Å²) in [6.45, 7) is 2.60. The Morgan fingerprint density at radius 1 is 1.18 bits per heavy atom. The predicted octanol–water partition coefficient (Wildman–Crippen LogP) is 2.07. The molecule has 2 aromatic rings. The van der Waals surface area contributed by atoms with Crippen LogP contribution >= 0.6 is 0 Å². The highest BCUT2D eigenvalue weighted by atomic mass is 16.5. The third-order valence-corrected chi connectivity index (χ3v) is 5.26. The molecule has 1 amide bonds. The van der Waals surface area contributed by atoms with Gasteiger partial charge in [-0.3, -0.25) is 4.79 Å². The van der Waals surface area contributed by atoms with Crippen LogP contribution in [0.15, 0.2) is 12.1 Å². The first-order valence-corrected chi connectivity index (χ1v) is 9.60. The maximum atomic E-state index is 10.4. The van der Waals surface area contributed by atoms with Crippen molar-refractivity contribution in [3.8, 4) is 11.5 Å². The van der Waals surface area contributed by atoms with Gasteiger partial charge in [-0.25, -0.2) is 4.98 Å². The highest BCUT2D eigenvalue weighted by molar-refractivity contribution is 5.93. The molecule has 1 aliphatic rings. The van der Waals surface area contributed by atoms with E-state index in [0.717, 1.165) is 62.0 Å². The molecule has 0 unspecified atom stereocenters. The summed E-state index contributed by atoms with van der Waals surface area (Å²) in [6.07, 6.45) is 3.95. The second kappa shape index (κ2) is 8.95. The lowest BCUT2D eigenvalue weighted by Gasteiger charge is -2.33. The van der Waals surface area contributed by atoms with E-state index in [2.05, 4.69) is 10.2 Å². The number of aromatic nitrogens is 2. The summed E-state index contributed by atoms with van der Waals surface area (Å²) < 4.78 is 10.9. The topological polar surface area (TPSA) is 79.8 Å². The van der Waals surface area contributed by atoms with E-state index < -0.39 is 0 Å². The molecule has 8 heteroatoms. The highest BCUT2D eigenvalue weighted by Crippen LogP contribution is 2.37. The maximum Gasteiger partial charge on any atom is 0.227 e. The third-order valence-electron chi connectivity index (χ3n) is 5.26. The summed E-state index contributed by atoms with van der Waals surface area (Å²) in [5, 5.41) is 3.72. The maximum absolute atomic E-state index is 10.4. The fourth-order valence-corrected chi connectivity index (χ4v) is 3.65. The largest absolute Gasteiger partial charge is 0.493 e. The molecule has 1 N–H and O–H groups in total. The Balaban J connectivity index is 1.92. The summed E-state index contributed by atoms with van der Waals surface area (Å²) in [5.41, 5.74) is 0.837. The van der Waals surface area contributed by atoms with Crippen molar-refractivity contribution >= 4 is 29.1 Å². The van der Waals surface area contributed by atoms with E-state index in [1.54, 1.807) is 14.2 Å². The number of ether oxygens (including phenoxy) is 2. The number of methoxy groups -OCH3 is 2. The first kappa shape index (κ1) is 20.0. The summed E-state index contributed by atoms with van der Waals surface area (Å²) in [6, 6.07) is 3.87. The molecular formula is C20H29N5O3. The highest BCUT2D eigenvalue weighted by Gasteiger charge is 2.23. The minimum absolute atomic E-state index is 0.625. The normalized spacial score (nSPS) is 14.8. The van der Waals surface area contributed by atoms with E-state index in [0.29, 0.717) is 23.4 Å². The Morgan fingerprint density at radius 2 is 1.86 bits per heavy atom. The van der Waals surface area contributed by atoms with Gasteiger partial charge in [-0.2, -0.15) is 4.98 Å². The second-order valence-corrected chi connectivity index (χ2v) is 7.26. The molecule has 0 saturated carbocycles. The van der Waals surface area contributed by atoms with Gasteiger partial charge in [-0.1, -0.05) is 0 Å². The zero-order chi connectivity index (χ0) is 20.1. The number of hydrogen-bond acceptors (Lipinski definition) is 7. The van der Waals surface area contributed by atoms with Crippen LogP contribution in [-0.4, -0.2) is 64.3 Å². The summed E-state index contributed by atoms with van der Waals surface area (Å²) in [5.74, 6) is 3.56. The minimum atomic E-state index is 0.625. The lowest BCUT2D eigenvalue weighted by atomic mass is 9.93. The summed E-state index contributed by atoms with van der Waals surface area (Å²) in [7, 11) is 7.15.